The number of aromatic amines is 1. The maximum absolute atomic E-state index is 13.5. The molecule has 1 saturated heterocycles. The van der Waals surface area contributed by atoms with Gasteiger partial charge in [0.25, 0.3) is 0 Å². The van der Waals surface area contributed by atoms with E-state index in [4.69, 9.17) is 4.74 Å². The molecule has 2 aromatic carbocycles. The van der Waals surface area contributed by atoms with Crippen molar-refractivity contribution in [2.24, 2.45) is 17.3 Å². The van der Waals surface area contributed by atoms with Crippen LogP contribution in [0.2, 0.25) is 0 Å². The number of thiazole rings is 1. The third-order valence-corrected chi connectivity index (χ3v) is 11.4. The predicted molar refractivity (Wildman–Crippen MR) is 248 cm³/mol. The largest absolute Gasteiger partial charge is 0.496 e. The lowest BCUT2D eigenvalue weighted by Crippen LogP contribution is -2.51. The number of hydrogen-bond acceptors (Lipinski definition) is 10. The first-order valence-corrected chi connectivity index (χ1v) is 23.9. The lowest BCUT2D eigenvalue weighted by Gasteiger charge is -2.35. The molecule has 0 bridgehead atoms. The summed E-state index contributed by atoms with van der Waals surface area (Å²) in [7, 11) is -1.76. The smallest absolute Gasteiger partial charge is 0.419 e. The molecule has 18 heteroatoms. The normalized spacial score (nSPS) is 17.1. The zero-order valence-electron chi connectivity index (χ0n) is 38.7. The van der Waals surface area contributed by atoms with E-state index in [9.17, 15) is 45.2 Å². The molecule has 2 aromatic heterocycles. The fourth-order valence-corrected chi connectivity index (χ4v) is 7.98. The number of H-pyrrole nitrogens is 1. The van der Waals surface area contributed by atoms with Gasteiger partial charge in [-0.3, -0.25) is 19.1 Å². The number of carbonyl (C=O) groups excluding carboxylic acids is 3. The average Bonchev–Trinajstić information content (AvgIpc) is 3.58. The van der Waals surface area contributed by atoms with Crippen molar-refractivity contribution in [1.82, 2.24) is 19.6 Å². The Morgan fingerprint density at radius 1 is 1.08 bits per heavy atom. The van der Waals surface area contributed by atoms with Crippen molar-refractivity contribution < 1.29 is 45.1 Å². The Balaban J connectivity index is 0.000000335. The molecule has 6 rings (SSSR count). The number of pyridine rings is 1. The highest BCUT2D eigenvalue weighted by atomic mass is 32.2. The van der Waals surface area contributed by atoms with Crippen molar-refractivity contribution in [2.45, 2.75) is 113 Å². The van der Waals surface area contributed by atoms with Crippen LogP contribution < -0.4 is 20.2 Å². The summed E-state index contributed by atoms with van der Waals surface area (Å²) >= 11 is 1.55. The molecule has 1 aliphatic carbocycles. The number of amides is 2. The number of ether oxygens (including phenoxy) is 1. The number of fused-ring (bicyclic) bond motifs is 1. The summed E-state index contributed by atoms with van der Waals surface area (Å²) < 4.78 is 80.7. The summed E-state index contributed by atoms with van der Waals surface area (Å²) in [6.45, 7) is 23.4. The second-order valence-electron chi connectivity index (χ2n) is 16.1. The molecule has 354 valence electrons. The van der Waals surface area contributed by atoms with Gasteiger partial charge in [0.05, 0.1) is 41.9 Å². The number of allylic oxidation sites excluding steroid dienone is 1. The minimum Gasteiger partial charge on any atom is -0.496 e. The summed E-state index contributed by atoms with van der Waals surface area (Å²) in [5.74, 6) is -1.03. The van der Waals surface area contributed by atoms with Crippen molar-refractivity contribution >= 4 is 56.1 Å². The van der Waals surface area contributed by atoms with Gasteiger partial charge in [0.2, 0.25) is 21.8 Å². The van der Waals surface area contributed by atoms with E-state index in [1.165, 1.54) is 4.90 Å². The number of carbonyl (C=O) groups is 3. The van der Waals surface area contributed by atoms with E-state index in [1.54, 1.807) is 57.4 Å². The highest BCUT2D eigenvalue weighted by molar-refractivity contribution is 7.89. The standard InChI is InChI=1S/C18H22F4N2O2.C17H18N2O2S.C7H11NO3S.2C2H6/c1-17(2,3)15(16(26)24-8-4-5-12(24)10-25)23-11-6-7-14(19)13(9-11)18(20,21)22;1-9(2)13-8-22-17(19-13)12-7-14(20)11-5-6-15(21-4)10(3)16(11)18-12;1-3-5-4-6(5)7(9)8-12(2,10)11;2*1-2/h6-7,9-10,12,15,23H,4-5,8H2,1-3H3;5-9H,1-4H3,(H,18,20);3,5-6H,1,4H2,2H3,(H,8,9);2*1-2H3. The Bertz CT molecular complexity index is 2390. The number of sulfonamides is 1. The van der Waals surface area contributed by atoms with Gasteiger partial charge in [0, 0.05) is 40.5 Å². The summed E-state index contributed by atoms with van der Waals surface area (Å²) in [5, 5.41) is 6.36. The van der Waals surface area contributed by atoms with Crippen LogP contribution in [0.3, 0.4) is 0 Å². The molecule has 64 heavy (non-hydrogen) atoms. The number of halogens is 4. The molecule has 2 amide bonds. The lowest BCUT2D eigenvalue weighted by molar-refractivity contribution is -0.140. The van der Waals surface area contributed by atoms with Crippen molar-refractivity contribution in [2.75, 3.05) is 25.2 Å². The van der Waals surface area contributed by atoms with E-state index in [2.05, 4.69) is 35.7 Å². The number of benzene rings is 2. The molecule has 3 heterocycles. The number of methoxy groups -OCH3 is 1. The second-order valence-corrected chi connectivity index (χ2v) is 18.7. The van der Waals surface area contributed by atoms with E-state index < -0.39 is 51.0 Å². The molecular weight excluding hydrogens is 875 g/mol. The fourth-order valence-electron chi connectivity index (χ4n) is 6.51. The molecule has 0 spiro atoms. The topological polar surface area (TPSA) is 168 Å². The van der Waals surface area contributed by atoms with Crippen LogP contribution in [0.25, 0.3) is 21.6 Å². The SMILES string of the molecule is C=CC1CC1C(=O)NS(C)(=O)=O.CC.CC.CC(C)(C)C(Nc1ccc(F)c(C(F)(F)F)c1)C(=O)N1CCCC1C=O.COc1ccc2c(=O)cc(-c3nc(C(C)C)cs3)[nH]c2c1C. The van der Waals surface area contributed by atoms with E-state index in [1.807, 2.05) is 50.8 Å². The maximum atomic E-state index is 13.5. The van der Waals surface area contributed by atoms with E-state index in [-0.39, 0.29) is 28.9 Å². The first kappa shape index (κ1) is 55.0. The van der Waals surface area contributed by atoms with Crippen LogP contribution in [0.15, 0.2) is 59.2 Å². The number of alkyl halides is 3. The summed E-state index contributed by atoms with van der Waals surface area (Å²) in [5.41, 5.74) is 1.50. The minimum atomic E-state index is -4.83. The van der Waals surface area contributed by atoms with Crippen molar-refractivity contribution in [1.29, 1.82) is 0 Å². The van der Waals surface area contributed by atoms with Crippen LogP contribution in [0.1, 0.15) is 104 Å². The van der Waals surface area contributed by atoms with Gasteiger partial charge in [-0.05, 0) is 73.8 Å². The molecule has 4 atom stereocenters. The second kappa shape index (κ2) is 23.7. The Labute approximate surface area is 378 Å². The fraction of sp³-hybridized carbons (Fsp3) is 0.500. The van der Waals surface area contributed by atoms with Gasteiger partial charge in [-0.15, -0.1) is 17.9 Å². The van der Waals surface area contributed by atoms with E-state index in [0.717, 1.165) is 51.6 Å². The monoisotopic (exact) mass is 937 g/mol. The molecule has 0 radical (unpaired) electrons. The third-order valence-electron chi connectivity index (χ3n) is 9.98. The molecule has 1 aliphatic heterocycles. The predicted octanol–water partition coefficient (Wildman–Crippen LogP) is 9.89. The number of nitrogens with one attached hydrogen (secondary N) is 3. The van der Waals surface area contributed by atoms with Crippen LogP contribution >= 0.6 is 11.3 Å². The van der Waals surface area contributed by atoms with Gasteiger partial charge in [0.15, 0.2) is 5.43 Å². The Morgan fingerprint density at radius 3 is 2.22 bits per heavy atom. The van der Waals surface area contributed by atoms with Gasteiger partial charge in [-0.1, -0.05) is 68.4 Å². The number of aldehydes is 1. The Hall–Kier alpha value is -5.10. The summed E-state index contributed by atoms with van der Waals surface area (Å²) in [4.78, 5) is 56.9. The van der Waals surface area contributed by atoms with Crippen molar-refractivity contribution in [3.63, 3.8) is 0 Å². The number of anilines is 1. The maximum Gasteiger partial charge on any atom is 0.419 e. The Morgan fingerprint density at radius 2 is 1.72 bits per heavy atom. The molecule has 4 aromatic rings. The lowest BCUT2D eigenvalue weighted by atomic mass is 9.85. The number of nitrogens with zero attached hydrogens (tertiary/aromatic N) is 2. The van der Waals surface area contributed by atoms with Gasteiger partial charge in [0.1, 0.15) is 28.9 Å². The zero-order valence-corrected chi connectivity index (χ0v) is 40.3. The quantitative estimate of drug-likeness (QED) is 0.0797. The number of aromatic nitrogens is 2. The van der Waals surface area contributed by atoms with Gasteiger partial charge in [-0.25, -0.2) is 17.8 Å². The number of likely N-dealkylation sites (tertiary alicyclic amines) is 1. The van der Waals surface area contributed by atoms with E-state index in [0.29, 0.717) is 49.5 Å². The van der Waals surface area contributed by atoms with Gasteiger partial charge < -0.3 is 24.7 Å². The number of aryl methyl sites for hydroxylation is 1. The average molecular weight is 938 g/mol. The van der Waals surface area contributed by atoms with Crippen LogP contribution in [0.5, 0.6) is 5.75 Å². The first-order valence-electron chi connectivity index (χ1n) is 21.1. The number of hydrogen-bond donors (Lipinski definition) is 3. The van der Waals surface area contributed by atoms with Gasteiger partial charge in [-0.2, -0.15) is 13.2 Å². The molecule has 4 unspecified atom stereocenters. The van der Waals surface area contributed by atoms with Crippen molar-refractivity contribution in [3.05, 3.63) is 87.3 Å². The molecule has 2 fully saturated rings. The van der Waals surface area contributed by atoms with E-state index >= 15 is 0 Å². The van der Waals surface area contributed by atoms with Crippen molar-refractivity contribution in [3.8, 4) is 16.5 Å². The van der Waals surface area contributed by atoms with Crippen LogP contribution in [-0.4, -0.2) is 73.4 Å². The molecular formula is C46H63F4N5O7S2. The Kier molecular flexibility index (Phi) is 20.4. The summed E-state index contributed by atoms with van der Waals surface area (Å²) in [6, 6.07) is 6.40. The first-order chi connectivity index (χ1) is 29.9. The van der Waals surface area contributed by atoms with Crippen LogP contribution in [0.4, 0.5) is 23.2 Å². The molecule has 2 aliphatic rings. The van der Waals surface area contributed by atoms with Gasteiger partial charge >= 0.3 is 6.18 Å². The minimum absolute atomic E-state index is 0.00389. The zero-order chi connectivity index (χ0) is 48.9. The highest BCUT2D eigenvalue weighted by Crippen LogP contribution is 2.39. The molecule has 3 N–H and O–H groups in total. The van der Waals surface area contributed by atoms with Crippen LogP contribution in [-0.2, 0) is 30.6 Å². The number of rotatable bonds is 10. The summed E-state index contributed by atoms with van der Waals surface area (Å²) in [6.07, 6.45) is 0.500. The molecule has 12 nitrogen and oxygen atoms in total. The van der Waals surface area contributed by atoms with Crippen LogP contribution in [0, 0.1) is 30.0 Å². The highest BCUT2D eigenvalue weighted by Gasteiger charge is 2.42. The third kappa shape index (κ3) is 15.0. The molecule has 1 saturated carbocycles.